The molecule has 21 heavy (non-hydrogen) atoms. The normalized spacial score (nSPS) is 12.0. The summed E-state index contributed by atoms with van der Waals surface area (Å²) in [6.07, 6.45) is 0.762. The second-order valence-corrected chi connectivity index (χ2v) is 4.92. The standard InChI is InChI=1S/C16H17FN2O2/c1-3-15(12-5-4-6-14(10-12)19(20)21)18-16-8-7-13(17)9-11(16)2/h4-10,15,18H,3H2,1-2H3. The van der Waals surface area contributed by atoms with E-state index in [-0.39, 0.29) is 17.5 Å². The van der Waals surface area contributed by atoms with Crippen molar-refractivity contribution in [2.75, 3.05) is 5.32 Å². The van der Waals surface area contributed by atoms with E-state index < -0.39 is 4.92 Å². The molecule has 1 unspecified atom stereocenters. The third kappa shape index (κ3) is 3.56. The number of hydrogen-bond acceptors (Lipinski definition) is 3. The van der Waals surface area contributed by atoms with E-state index in [2.05, 4.69) is 5.32 Å². The largest absolute Gasteiger partial charge is 0.378 e. The molecule has 5 heteroatoms. The Kier molecular flexibility index (Phi) is 4.52. The van der Waals surface area contributed by atoms with Gasteiger partial charge < -0.3 is 5.32 Å². The highest BCUT2D eigenvalue weighted by atomic mass is 19.1. The third-order valence-corrected chi connectivity index (χ3v) is 3.41. The number of nitrogens with zero attached hydrogens (tertiary/aromatic N) is 1. The van der Waals surface area contributed by atoms with Crippen LogP contribution in [0.15, 0.2) is 42.5 Å². The van der Waals surface area contributed by atoms with Gasteiger partial charge in [0.05, 0.1) is 11.0 Å². The molecule has 0 heterocycles. The van der Waals surface area contributed by atoms with Crippen LogP contribution >= 0.6 is 0 Å². The molecule has 0 radical (unpaired) electrons. The molecule has 0 amide bonds. The van der Waals surface area contributed by atoms with Crippen molar-refractivity contribution in [3.63, 3.8) is 0 Å². The molecule has 1 atom stereocenters. The Morgan fingerprint density at radius 1 is 1.29 bits per heavy atom. The molecule has 0 aliphatic rings. The van der Waals surface area contributed by atoms with Crippen molar-refractivity contribution in [2.24, 2.45) is 0 Å². The molecule has 2 rings (SSSR count). The number of nitro benzene ring substituents is 1. The third-order valence-electron chi connectivity index (χ3n) is 3.41. The fourth-order valence-electron chi connectivity index (χ4n) is 2.25. The zero-order valence-electron chi connectivity index (χ0n) is 12.0. The molecular weight excluding hydrogens is 271 g/mol. The van der Waals surface area contributed by atoms with Gasteiger partial charge in [-0.15, -0.1) is 0 Å². The fourth-order valence-corrected chi connectivity index (χ4v) is 2.25. The number of aryl methyl sites for hydroxylation is 1. The Bertz CT molecular complexity index is 658. The molecule has 0 fully saturated rings. The first kappa shape index (κ1) is 15.0. The van der Waals surface area contributed by atoms with E-state index in [1.165, 1.54) is 18.2 Å². The minimum Gasteiger partial charge on any atom is -0.378 e. The van der Waals surface area contributed by atoms with Gasteiger partial charge in [0, 0.05) is 17.8 Å². The van der Waals surface area contributed by atoms with E-state index in [0.717, 1.165) is 23.2 Å². The van der Waals surface area contributed by atoms with E-state index in [4.69, 9.17) is 0 Å². The van der Waals surface area contributed by atoms with Gasteiger partial charge in [0.2, 0.25) is 0 Å². The van der Waals surface area contributed by atoms with Crippen LogP contribution in [0.1, 0.15) is 30.5 Å². The van der Waals surface area contributed by atoms with Crippen LogP contribution in [0.25, 0.3) is 0 Å². The summed E-state index contributed by atoms with van der Waals surface area (Å²) in [7, 11) is 0. The van der Waals surface area contributed by atoms with Crippen molar-refractivity contribution in [1.82, 2.24) is 0 Å². The number of benzene rings is 2. The monoisotopic (exact) mass is 288 g/mol. The Labute approximate surface area is 122 Å². The summed E-state index contributed by atoms with van der Waals surface area (Å²) < 4.78 is 13.1. The van der Waals surface area contributed by atoms with Crippen LogP contribution in [0.3, 0.4) is 0 Å². The second kappa shape index (κ2) is 6.35. The summed E-state index contributed by atoms with van der Waals surface area (Å²) in [5, 5.41) is 14.2. The van der Waals surface area contributed by atoms with Crippen molar-refractivity contribution in [2.45, 2.75) is 26.3 Å². The summed E-state index contributed by atoms with van der Waals surface area (Å²) in [4.78, 5) is 10.5. The molecule has 4 nitrogen and oxygen atoms in total. The van der Waals surface area contributed by atoms with E-state index >= 15 is 0 Å². The van der Waals surface area contributed by atoms with Gasteiger partial charge in [-0.25, -0.2) is 4.39 Å². The summed E-state index contributed by atoms with van der Waals surface area (Å²) in [6, 6.07) is 11.1. The van der Waals surface area contributed by atoms with Crippen LogP contribution < -0.4 is 5.32 Å². The Morgan fingerprint density at radius 2 is 2.05 bits per heavy atom. The first-order valence-corrected chi connectivity index (χ1v) is 6.78. The first-order chi connectivity index (χ1) is 10.0. The number of anilines is 1. The van der Waals surface area contributed by atoms with Gasteiger partial charge >= 0.3 is 0 Å². The lowest BCUT2D eigenvalue weighted by Crippen LogP contribution is -2.11. The van der Waals surface area contributed by atoms with Crippen molar-refractivity contribution >= 4 is 11.4 Å². The maximum absolute atomic E-state index is 13.1. The highest BCUT2D eigenvalue weighted by Crippen LogP contribution is 2.27. The molecule has 2 aromatic rings. The summed E-state index contributed by atoms with van der Waals surface area (Å²) in [5.74, 6) is -0.276. The topological polar surface area (TPSA) is 55.2 Å². The van der Waals surface area contributed by atoms with Crippen molar-refractivity contribution < 1.29 is 9.31 Å². The van der Waals surface area contributed by atoms with Crippen LogP contribution in [-0.4, -0.2) is 4.92 Å². The number of non-ortho nitro benzene ring substituents is 1. The number of hydrogen-bond donors (Lipinski definition) is 1. The first-order valence-electron chi connectivity index (χ1n) is 6.78. The molecule has 110 valence electrons. The molecule has 0 bridgehead atoms. The van der Waals surface area contributed by atoms with Gasteiger partial charge in [0.25, 0.3) is 5.69 Å². The molecule has 2 aromatic carbocycles. The van der Waals surface area contributed by atoms with Crippen LogP contribution in [-0.2, 0) is 0 Å². The van der Waals surface area contributed by atoms with Gasteiger partial charge in [-0.1, -0.05) is 19.1 Å². The fraction of sp³-hybridized carbons (Fsp3) is 0.250. The lowest BCUT2D eigenvalue weighted by atomic mass is 10.0. The average molecular weight is 288 g/mol. The lowest BCUT2D eigenvalue weighted by Gasteiger charge is -2.20. The molecule has 0 saturated carbocycles. The van der Waals surface area contributed by atoms with Crippen LogP contribution in [0.2, 0.25) is 0 Å². The predicted octanol–water partition coefficient (Wildman–Crippen LogP) is 4.61. The molecule has 0 aliphatic heterocycles. The maximum atomic E-state index is 13.1. The lowest BCUT2D eigenvalue weighted by molar-refractivity contribution is -0.384. The van der Waals surface area contributed by atoms with Crippen molar-refractivity contribution in [1.29, 1.82) is 0 Å². The predicted molar refractivity (Wildman–Crippen MR) is 80.9 cm³/mol. The Balaban J connectivity index is 2.27. The molecule has 0 spiro atoms. The highest BCUT2D eigenvalue weighted by Gasteiger charge is 2.14. The summed E-state index contributed by atoms with van der Waals surface area (Å²) in [6.45, 7) is 3.82. The van der Waals surface area contributed by atoms with E-state index in [0.29, 0.717) is 0 Å². The maximum Gasteiger partial charge on any atom is 0.269 e. The average Bonchev–Trinajstić information content (AvgIpc) is 2.46. The Hall–Kier alpha value is -2.43. The molecule has 0 aliphatic carbocycles. The van der Waals surface area contributed by atoms with Gasteiger partial charge in [0.15, 0.2) is 0 Å². The zero-order valence-corrected chi connectivity index (χ0v) is 12.0. The summed E-state index contributed by atoms with van der Waals surface area (Å²) in [5.41, 5.74) is 2.55. The number of halogens is 1. The van der Waals surface area contributed by atoms with Gasteiger partial charge in [0.1, 0.15) is 5.82 Å². The van der Waals surface area contributed by atoms with Crippen LogP contribution in [0.5, 0.6) is 0 Å². The van der Waals surface area contributed by atoms with E-state index in [9.17, 15) is 14.5 Å². The molecule has 1 N–H and O–H groups in total. The van der Waals surface area contributed by atoms with Crippen molar-refractivity contribution in [3.8, 4) is 0 Å². The second-order valence-electron chi connectivity index (χ2n) is 4.92. The van der Waals surface area contributed by atoms with Crippen molar-refractivity contribution in [3.05, 3.63) is 69.5 Å². The van der Waals surface area contributed by atoms with E-state index in [1.54, 1.807) is 18.2 Å². The van der Waals surface area contributed by atoms with Crippen LogP contribution in [0.4, 0.5) is 15.8 Å². The highest BCUT2D eigenvalue weighted by molar-refractivity contribution is 5.52. The zero-order chi connectivity index (χ0) is 15.4. The number of nitro groups is 1. The Morgan fingerprint density at radius 3 is 2.67 bits per heavy atom. The molecular formula is C16H17FN2O2. The SMILES string of the molecule is CCC(Nc1ccc(F)cc1C)c1cccc([N+](=O)[O-])c1. The minimum atomic E-state index is -0.403. The molecule has 0 aromatic heterocycles. The van der Waals surface area contributed by atoms with E-state index in [1.807, 2.05) is 19.9 Å². The smallest absolute Gasteiger partial charge is 0.269 e. The van der Waals surface area contributed by atoms with Gasteiger partial charge in [-0.3, -0.25) is 10.1 Å². The van der Waals surface area contributed by atoms with Crippen LogP contribution in [0, 0.1) is 22.9 Å². The summed E-state index contributed by atoms with van der Waals surface area (Å²) >= 11 is 0. The quantitative estimate of drug-likeness (QED) is 0.646. The number of nitrogens with one attached hydrogen (secondary N) is 1. The minimum absolute atomic E-state index is 0.0611. The van der Waals surface area contributed by atoms with Gasteiger partial charge in [-0.2, -0.15) is 0 Å². The molecule has 0 saturated heterocycles. The van der Waals surface area contributed by atoms with Gasteiger partial charge in [-0.05, 0) is 42.7 Å². The number of rotatable bonds is 5.